The molecule has 0 fully saturated rings. The molecule has 1 N–H and O–H groups in total. The molecule has 3 aromatic carbocycles. The lowest BCUT2D eigenvalue weighted by molar-refractivity contribution is -0.123. The number of hydrogen-bond donors (Lipinski definition) is 1. The Morgan fingerprint density at radius 1 is 0.969 bits per heavy atom. The van der Waals surface area contributed by atoms with E-state index < -0.39 is 6.04 Å². The molecule has 4 rings (SSSR count). The van der Waals surface area contributed by atoms with Crippen molar-refractivity contribution in [1.82, 2.24) is 14.9 Å². The van der Waals surface area contributed by atoms with Crippen molar-refractivity contribution in [2.24, 2.45) is 7.05 Å². The number of amides is 1. The Morgan fingerprint density at radius 2 is 1.62 bits per heavy atom. The smallest absolute Gasteiger partial charge is 0.258 e. The van der Waals surface area contributed by atoms with Gasteiger partial charge in [-0.2, -0.15) is 0 Å². The van der Waals surface area contributed by atoms with E-state index in [0.717, 1.165) is 11.3 Å². The second kappa shape index (κ2) is 9.78. The van der Waals surface area contributed by atoms with Gasteiger partial charge < -0.3 is 19.4 Å². The number of aromatic nitrogens is 2. The van der Waals surface area contributed by atoms with Crippen molar-refractivity contribution in [1.29, 1.82) is 0 Å². The maximum absolute atomic E-state index is 13.4. The Bertz CT molecular complexity index is 1160. The van der Waals surface area contributed by atoms with Gasteiger partial charge in [-0.3, -0.25) is 4.79 Å². The molecule has 32 heavy (non-hydrogen) atoms. The van der Waals surface area contributed by atoms with Crippen LogP contribution in [0, 0.1) is 5.82 Å². The SMILES string of the molecule is Cn1ccnc1C(NC(=O)COc1ccc(Oc2ccccc2)cc1)c1ccc(F)cc1. The lowest BCUT2D eigenvalue weighted by atomic mass is 10.1. The zero-order valence-electron chi connectivity index (χ0n) is 17.4. The molecular weight excluding hydrogens is 409 g/mol. The van der Waals surface area contributed by atoms with Gasteiger partial charge in [0.25, 0.3) is 5.91 Å². The van der Waals surface area contributed by atoms with Crippen molar-refractivity contribution >= 4 is 5.91 Å². The molecule has 0 saturated heterocycles. The van der Waals surface area contributed by atoms with Crippen molar-refractivity contribution in [2.75, 3.05) is 6.61 Å². The molecule has 0 aliphatic heterocycles. The minimum Gasteiger partial charge on any atom is -0.484 e. The number of carbonyl (C=O) groups excluding carboxylic acids is 1. The number of rotatable bonds is 8. The number of aryl methyl sites for hydroxylation is 1. The predicted octanol–water partition coefficient (Wildman–Crippen LogP) is 4.64. The first kappa shape index (κ1) is 21.1. The number of hydrogen-bond acceptors (Lipinski definition) is 4. The van der Waals surface area contributed by atoms with Crippen LogP contribution in [0.2, 0.25) is 0 Å². The summed E-state index contributed by atoms with van der Waals surface area (Å²) >= 11 is 0. The molecule has 0 aliphatic carbocycles. The number of benzene rings is 3. The molecular formula is C25H22FN3O3. The van der Waals surface area contributed by atoms with E-state index in [-0.39, 0.29) is 18.3 Å². The zero-order chi connectivity index (χ0) is 22.3. The van der Waals surface area contributed by atoms with Crippen LogP contribution >= 0.6 is 0 Å². The van der Waals surface area contributed by atoms with Gasteiger partial charge in [0.2, 0.25) is 0 Å². The third-order valence-electron chi connectivity index (χ3n) is 4.80. The number of carbonyl (C=O) groups is 1. The van der Waals surface area contributed by atoms with Gasteiger partial charge in [0, 0.05) is 19.4 Å². The number of imidazole rings is 1. The number of ether oxygens (including phenoxy) is 2. The van der Waals surface area contributed by atoms with Crippen molar-refractivity contribution in [3.63, 3.8) is 0 Å². The Kier molecular flexibility index (Phi) is 6.46. The summed E-state index contributed by atoms with van der Waals surface area (Å²) in [5.41, 5.74) is 0.719. The third kappa shape index (κ3) is 5.31. The summed E-state index contributed by atoms with van der Waals surface area (Å²) in [6.45, 7) is -0.180. The molecule has 0 saturated carbocycles. The normalized spacial score (nSPS) is 11.6. The van der Waals surface area contributed by atoms with Gasteiger partial charge in [-0.25, -0.2) is 9.37 Å². The van der Waals surface area contributed by atoms with Crippen LogP contribution in [0.1, 0.15) is 17.4 Å². The van der Waals surface area contributed by atoms with Crippen molar-refractivity contribution < 1.29 is 18.7 Å². The summed E-state index contributed by atoms with van der Waals surface area (Å²) < 4.78 is 26.5. The number of nitrogens with one attached hydrogen (secondary N) is 1. The van der Waals surface area contributed by atoms with Crippen LogP contribution in [0.15, 0.2) is 91.3 Å². The van der Waals surface area contributed by atoms with Crippen LogP contribution in [0.3, 0.4) is 0 Å². The van der Waals surface area contributed by atoms with E-state index in [1.54, 1.807) is 53.4 Å². The highest BCUT2D eigenvalue weighted by atomic mass is 19.1. The fraction of sp³-hybridized carbons (Fsp3) is 0.120. The molecule has 1 amide bonds. The monoisotopic (exact) mass is 431 g/mol. The van der Waals surface area contributed by atoms with Gasteiger partial charge >= 0.3 is 0 Å². The molecule has 1 aromatic heterocycles. The molecule has 6 nitrogen and oxygen atoms in total. The van der Waals surface area contributed by atoms with Crippen molar-refractivity contribution in [3.05, 3.63) is 108 Å². The Balaban J connectivity index is 1.38. The quantitative estimate of drug-likeness (QED) is 0.442. The molecule has 0 spiro atoms. The minimum absolute atomic E-state index is 0.180. The fourth-order valence-electron chi connectivity index (χ4n) is 3.19. The predicted molar refractivity (Wildman–Crippen MR) is 118 cm³/mol. The average molecular weight is 431 g/mol. The van der Waals surface area contributed by atoms with E-state index in [4.69, 9.17) is 9.47 Å². The maximum atomic E-state index is 13.4. The Hall–Kier alpha value is -4.13. The summed E-state index contributed by atoms with van der Waals surface area (Å²) in [4.78, 5) is 16.9. The van der Waals surface area contributed by atoms with E-state index >= 15 is 0 Å². The molecule has 1 atom stereocenters. The molecule has 0 aliphatic rings. The molecule has 7 heteroatoms. The first-order valence-corrected chi connectivity index (χ1v) is 10.1. The minimum atomic E-state index is -0.534. The van der Waals surface area contributed by atoms with E-state index in [1.165, 1.54) is 12.1 Å². The molecule has 4 aromatic rings. The first-order valence-electron chi connectivity index (χ1n) is 10.1. The van der Waals surface area contributed by atoms with Crippen LogP contribution in [0.4, 0.5) is 4.39 Å². The highest BCUT2D eigenvalue weighted by Gasteiger charge is 2.21. The van der Waals surface area contributed by atoms with Crippen LogP contribution in [0.25, 0.3) is 0 Å². The van der Waals surface area contributed by atoms with E-state index in [0.29, 0.717) is 17.3 Å². The van der Waals surface area contributed by atoms with Gasteiger partial charge in [-0.05, 0) is 54.1 Å². The van der Waals surface area contributed by atoms with Crippen LogP contribution in [0.5, 0.6) is 17.2 Å². The van der Waals surface area contributed by atoms with Crippen LogP contribution < -0.4 is 14.8 Å². The topological polar surface area (TPSA) is 65.4 Å². The highest BCUT2D eigenvalue weighted by Crippen LogP contribution is 2.24. The molecule has 1 heterocycles. The molecule has 0 bridgehead atoms. The van der Waals surface area contributed by atoms with Gasteiger partial charge in [0.05, 0.1) is 0 Å². The third-order valence-corrected chi connectivity index (χ3v) is 4.80. The molecule has 1 unspecified atom stereocenters. The average Bonchev–Trinajstić information content (AvgIpc) is 3.24. The largest absolute Gasteiger partial charge is 0.484 e. The van der Waals surface area contributed by atoms with Gasteiger partial charge in [-0.15, -0.1) is 0 Å². The van der Waals surface area contributed by atoms with Crippen LogP contribution in [-0.2, 0) is 11.8 Å². The lowest BCUT2D eigenvalue weighted by Crippen LogP contribution is -2.34. The molecule has 162 valence electrons. The maximum Gasteiger partial charge on any atom is 0.258 e. The Labute approximate surface area is 185 Å². The Morgan fingerprint density at radius 3 is 2.28 bits per heavy atom. The van der Waals surface area contributed by atoms with E-state index in [9.17, 15) is 9.18 Å². The van der Waals surface area contributed by atoms with E-state index in [2.05, 4.69) is 10.3 Å². The fourth-order valence-corrected chi connectivity index (χ4v) is 3.19. The summed E-state index contributed by atoms with van der Waals surface area (Å²) in [6, 6.07) is 21.9. The second-order valence-corrected chi connectivity index (χ2v) is 7.12. The number of para-hydroxylation sites is 1. The van der Waals surface area contributed by atoms with Gasteiger partial charge in [-0.1, -0.05) is 30.3 Å². The zero-order valence-corrected chi connectivity index (χ0v) is 17.4. The van der Waals surface area contributed by atoms with Crippen molar-refractivity contribution in [2.45, 2.75) is 6.04 Å². The van der Waals surface area contributed by atoms with Gasteiger partial charge in [0.15, 0.2) is 6.61 Å². The molecule has 0 radical (unpaired) electrons. The number of nitrogens with zero attached hydrogens (tertiary/aromatic N) is 2. The summed E-state index contributed by atoms with van der Waals surface area (Å²) in [6.07, 6.45) is 3.43. The summed E-state index contributed by atoms with van der Waals surface area (Å²) in [7, 11) is 1.83. The number of halogens is 1. The van der Waals surface area contributed by atoms with Crippen molar-refractivity contribution in [3.8, 4) is 17.2 Å². The summed E-state index contributed by atoms with van der Waals surface area (Å²) in [5, 5.41) is 2.92. The summed E-state index contributed by atoms with van der Waals surface area (Å²) in [5.74, 6) is 1.90. The standard InChI is InChI=1S/C25H22FN3O3/c1-29-16-15-27-25(29)24(18-7-9-19(26)10-8-18)28-23(30)17-31-20-11-13-22(14-12-20)32-21-5-3-2-4-6-21/h2-16,24H,17H2,1H3,(H,28,30). The second-order valence-electron chi connectivity index (χ2n) is 7.12. The highest BCUT2D eigenvalue weighted by molar-refractivity contribution is 5.78. The van der Waals surface area contributed by atoms with E-state index in [1.807, 2.05) is 37.4 Å². The van der Waals surface area contributed by atoms with Crippen LogP contribution in [-0.4, -0.2) is 22.1 Å². The first-order chi connectivity index (χ1) is 15.6. The van der Waals surface area contributed by atoms with Gasteiger partial charge in [0.1, 0.15) is 34.9 Å². The lowest BCUT2D eigenvalue weighted by Gasteiger charge is -2.19.